The molecule has 1 aliphatic heterocycles. The smallest absolute Gasteiger partial charge is 0.249 e. The van der Waals surface area contributed by atoms with E-state index in [2.05, 4.69) is 25.8 Å². The second-order valence-corrected chi connectivity index (χ2v) is 8.60. The van der Waals surface area contributed by atoms with Gasteiger partial charge in [-0.3, -0.25) is 4.79 Å². The summed E-state index contributed by atoms with van der Waals surface area (Å²) >= 11 is 0. The van der Waals surface area contributed by atoms with E-state index in [4.69, 9.17) is 0 Å². The summed E-state index contributed by atoms with van der Waals surface area (Å²) in [6.07, 6.45) is 2.12. The fourth-order valence-corrected chi connectivity index (χ4v) is 4.85. The summed E-state index contributed by atoms with van der Waals surface area (Å²) in [7, 11) is -2.99. The summed E-state index contributed by atoms with van der Waals surface area (Å²) in [5, 5.41) is 13.8. The summed E-state index contributed by atoms with van der Waals surface area (Å²) in [4.78, 5) is 17.6. The Balaban J connectivity index is 1.78. The Kier molecular flexibility index (Phi) is 5.54. The van der Waals surface area contributed by atoms with E-state index in [0.29, 0.717) is 36.1 Å². The van der Waals surface area contributed by atoms with Crippen LogP contribution in [0.5, 0.6) is 0 Å². The lowest BCUT2D eigenvalue weighted by Gasteiger charge is -2.27. The lowest BCUT2D eigenvalue weighted by atomic mass is 10.2. The number of sulfone groups is 1. The van der Waals surface area contributed by atoms with Crippen LogP contribution in [0, 0.1) is 0 Å². The SMILES string of the molecule is CCN(c1cnnc(Nc2cccc(NC(C)=O)c2)n1)C1CCS(=O)(=O)C1. The summed E-state index contributed by atoms with van der Waals surface area (Å²) < 4.78 is 23.6. The first-order valence-corrected chi connectivity index (χ1v) is 10.5. The molecule has 2 heterocycles. The molecule has 27 heavy (non-hydrogen) atoms. The molecule has 3 rings (SSSR count). The van der Waals surface area contributed by atoms with Crippen LogP contribution in [0.1, 0.15) is 20.3 Å². The Bertz CT molecular complexity index is 934. The van der Waals surface area contributed by atoms with Gasteiger partial charge in [0, 0.05) is 30.9 Å². The molecular weight excluding hydrogens is 368 g/mol. The van der Waals surface area contributed by atoms with Gasteiger partial charge in [-0.2, -0.15) is 10.1 Å². The number of anilines is 4. The largest absolute Gasteiger partial charge is 0.351 e. The molecule has 1 unspecified atom stereocenters. The molecule has 1 aromatic carbocycles. The van der Waals surface area contributed by atoms with Gasteiger partial charge in [0.2, 0.25) is 11.9 Å². The van der Waals surface area contributed by atoms with Gasteiger partial charge >= 0.3 is 0 Å². The molecule has 9 nitrogen and oxygen atoms in total. The number of carbonyl (C=O) groups is 1. The number of carbonyl (C=O) groups excluding carboxylic acids is 1. The molecule has 1 atom stereocenters. The molecular formula is C17H22N6O3S. The number of rotatable bonds is 6. The number of nitrogens with zero attached hydrogens (tertiary/aromatic N) is 4. The summed E-state index contributed by atoms with van der Waals surface area (Å²) in [5.74, 6) is 1.05. The van der Waals surface area contributed by atoms with Crippen LogP contribution in [0.15, 0.2) is 30.5 Å². The molecule has 1 amide bonds. The topological polar surface area (TPSA) is 117 Å². The zero-order valence-electron chi connectivity index (χ0n) is 15.2. The Hall–Kier alpha value is -2.75. The van der Waals surface area contributed by atoms with Crippen LogP contribution in [-0.4, -0.2) is 53.6 Å². The number of hydrogen-bond donors (Lipinski definition) is 2. The number of aromatic nitrogens is 3. The highest BCUT2D eigenvalue weighted by Gasteiger charge is 2.32. The van der Waals surface area contributed by atoms with Gasteiger partial charge in [0.05, 0.1) is 17.7 Å². The van der Waals surface area contributed by atoms with E-state index < -0.39 is 9.84 Å². The monoisotopic (exact) mass is 390 g/mol. The minimum Gasteiger partial charge on any atom is -0.351 e. The molecule has 0 radical (unpaired) electrons. The van der Waals surface area contributed by atoms with E-state index >= 15 is 0 Å². The van der Waals surface area contributed by atoms with Crippen LogP contribution < -0.4 is 15.5 Å². The van der Waals surface area contributed by atoms with Crippen LogP contribution in [0.3, 0.4) is 0 Å². The van der Waals surface area contributed by atoms with Crippen molar-refractivity contribution in [1.82, 2.24) is 15.2 Å². The van der Waals surface area contributed by atoms with Gasteiger partial charge in [0.25, 0.3) is 0 Å². The third-order valence-corrected chi connectivity index (χ3v) is 6.02. The second kappa shape index (κ2) is 7.87. The number of amides is 1. The Morgan fingerprint density at radius 2 is 2.11 bits per heavy atom. The predicted octanol–water partition coefficient (Wildman–Crippen LogP) is 1.59. The van der Waals surface area contributed by atoms with E-state index in [0.717, 1.165) is 0 Å². The molecule has 2 N–H and O–H groups in total. The highest BCUT2D eigenvalue weighted by molar-refractivity contribution is 7.91. The zero-order valence-corrected chi connectivity index (χ0v) is 16.0. The van der Waals surface area contributed by atoms with Crippen LogP contribution in [-0.2, 0) is 14.6 Å². The van der Waals surface area contributed by atoms with Crippen molar-refractivity contribution in [2.24, 2.45) is 0 Å². The predicted molar refractivity (Wildman–Crippen MR) is 104 cm³/mol. The van der Waals surface area contributed by atoms with Crippen molar-refractivity contribution in [3.63, 3.8) is 0 Å². The fraction of sp³-hybridized carbons (Fsp3) is 0.412. The first-order chi connectivity index (χ1) is 12.9. The molecule has 1 saturated heterocycles. The maximum absolute atomic E-state index is 11.8. The maximum Gasteiger partial charge on any atom is 0.249 e. The van der Waals surface area contributed by atoms with Crippen LogP contribution >= 0.6 is 0 Å². The molecule has 1 fully saturated rings. The maximum atomic E-state index is 11.8. The van der Waals surface area contributed by atoms with Crippen molar-refractivity contribution >= 4 is 38.9 Å². The van der Waals surface area contributed by atoms with Crippen LogP contribution in [0.4, 0.5) is 23.1 Å². The van der Waals surface area contributed by atoms with Crippen LogP contribution in [0.2, 0.25) is 0 Å². The van der Waals surface area contributed by atoms with Crippen molar-refractivity contribution in [2.75, 3.05) is 33.6 Å². The van der Waals surface area contributed by atoms with Gasteiger partial charge in [-0.05, 0) is 31.5 Å². The van der Waals surface area contributed by atoms with Crippen molar-refractivity contribution < 1.29 is 13.2 Å². The lowest BCUT2D eigenvalue weighted by Crippen LogP contribution is -2.37. The van der Waals surface area contributed by atoms with Crippen molar-refractivity contribution in [1.29, 1.82) is 0 Å². The molecule has 144 valence electrons. The Morgan fingerprint density at radius 3 is 2.78 bits per heavy atom. The van der Waals surface area contributed by atoms with E-state index in [1.165, 1.54) is 13.1 Å². The minimum atomic E-state index is -2.99. The molecule has 0 spiro atoms. The van der Waals surface area contributed by atoms with Gasteiger partial charge in [0.1, 0.15) is 0 Å². The van der Waals surface area contributed by atoms with Gasteiger partial charge in [-0.15, -0.1) is 5.10 Å². The quantitative estimate of drug-likeness (QED) is 0.764. The average molecular weight is 390 g/mol. The Morgan fingerprint density at radius 1 is 1.33 bits per heavy atom. The van der Waals surface area contributed by atoms with Gasteiger partial charge < -0.3 is 15.5 Å². The van der Waals surface area contributed by atoms with Crippen molar-refractivity contribution in [3.05, 3.63) is 30.5 Å². The third kappa shape index (κ3) is 4.91. The standard InChI is InChI=1S/C17H22N6O3S/c1-3-23(15-7-8-27(25,26)11-15)16-10-18-22-17(21-16)20-14-6-4-5-13(9-14)19-12(2)24/h4-6,9-10,15H,3,7-8,11H2,1-2H3,(H,19,24)(H,20,21,22). The highest BCUT2D eigenvalue weighted by Crippen LogP contribution is 2.24. The van der Waals surface area contributed by atoms with Crippen molar-refractivity contribution in [2.45, 2.75) is 26.3 Å². The average Bonchev–Trinajstić information content (AvgIpc) is 2.95. The molecule has 0 aliphatic carbocycles. The zero-order chi connectivity index (χ0) is 19.4. The lowest BCUT2D eigenvalue weighted by molar-refractivity contribution is -0.114. The highest BCUT2D eigenvalue weighted by atomic mass is 32.2. The molecule has 2 aromatic rings. The van der Waals surface area contributed by atoms with E-state index in [1.807, 2.05) is 17.9 Å². The number of hydrogen-bond acceptors (Lipinski definition) is 8. The third-order valence-electron chi connectivity index (χ3n) is 4.27. The number of benzene rings is 1. The fourth-order valence-electron chi connectivity index (χ4n) is 3.12. The van der Waals surface area contributed by atoms with Crippen molar-refractivity contribution in [3.8, 4) is 0 Å². The molecule has 10 heteroatoms. The molecule has 0 bridgehead atoms. The van der Waals surface area contributed by atoms with E-state index in [-0.39, 0.29) is 23.5 Å². The molecule has 1 aliphatic rings. The molecule has 1 aromatic heterocycles. The van der Waals surface area contributed by atoms with Gasteiger partial charge in [-0.1, -0.05) is 6.07 Å². The van der Waals surface area contributed by atoms with E-state index in [9.17, 15) is 13.2 Å². The van der Waals surface area contributed by atoms with Gasteiger partial charge in [0.15, 0.2) is 15.7 Å². The number of nitrogens with one attached hydrogen (secondary N) is 2. The second-order valence-electron chi connectivity index (χ2n) is 6.37. The normalized spacial score (nSPS) is 18.1. The Labute approximate surface area is 158 Å². The molecule has 0 saturated carbocycles. The summed E-state index contributed by atoms with van der Waals surface area (Å²) in [6.45, 7) is 4.02. The minimum absolute atomic E-state index is 0.104. The first kappa shape index (κ1) is 19.0. The van der Waals surface area contributed by atoms with Gasteiger partial charge in [-0.25, -0.2) is 8.42 Å². The first-order valence-electron chi connectivity index (χ1n) is 8.68. The summed E-state index contributed by atoms with van der Waals surface area (Å²) in [5.41, 5.74) is 1.36. The van der Waals surface area contributed by atoms with E-state index in [1.54, 1.807) is 18.2 Å². The summed E-state index contributed by atoms with van der Waals surface area (Å²) in [6, 6.07) is 7.06. The van der Waals surface area contributed by atoms with Crippen LogP contribution in [0.25, 0.3) is 0 Å².